The summed E-state index contributed by atoms with van der Waals surface area (Å²) in [6.45, 7) is 8.61. The van der Waals surface area contributed by atoms with E-state index in [1.54, 1.807) is 0 Å². The van der Waals surface area contributed by atoms with Crippen LogP contribution < -0.4 is 5.32 Å². The molecule has 0 radical (unpaired) electrons. The smallest absolute Gasteiger partial charge is 0.0897 e. The Morgan fingerprint density at radius 3 is 2.95 bits per heavy atom. The summed E-state index contributed by atoms with van der Waals surface area (Å²) >= 11 is 0. The van der Waals surface area contributed by atoms with Crippen LogP contribution in [0.3, 0.4) is 0 Å². The molecule has 2 unspecified atom stereocenters. The molecule has 0 saturated carbocycles. The van der Waals surface area contributed by atoms with Crippen LogP contribution in [-0.2, 0) is 15.0 Å². The van der Waals surface area contributed by atoms with Gasteiger partial charge in [0.25, 0.3) is 0 Å². The molecule has 1 heterocycles. The average molecular weight is 307 g/mol. The van der Waals surface area contributed by atoms with E-state index in [1.807, 2.05) is 0 Å². The SMILES string of the molecule is Cc1cccc(C(C)(C)NCC(O)COCC2CCCO2)c1. The Bertz CT molecular complexity index is 455. The Labute approximate surface area is 133 Å². The van der Waals surface area contributed by atoms with E-state index in [0.29, 0.717) is 19.8 Å². The van der Waals surface area contributed by atoms with E-state index in [1.165, 1.54) is 11.1 Å². The van der Waals surface area contributed by atoms with Gasteiger partial charge in [0.2, 0.25) is 0 Å². The van der Waals surface area contributed by atoms with Crippen LogP contribution in [-0.4, -0.2) is 43.7 Å². The number of hydrogen-bond acceptors (Lipinski definition) is 4. The first-order valence-electron chi connectivity index (χ1n) is 8.17. The molecule has 1 fully saturated rings. The minimum atomic E-state index is -0.509. The zero-order chi connectivity index (χ0) is 16.0. The second-order valence-electron chi connectivity index (χ2n) is 6.70. The van der Waals surface area contributed by atoms with Gasteiger partial charge >= 0.3 is 0 Å². The van der Waals surface area contributed by atoms with Crippen molar-refractivity contribution in [1.29, 1.82) is 0 Å². The zero-order valence-corrected chi connectivity index (χ0v) is 14.0. The maximum absolute atomic E-state index is 10.1. The van der Waals surface area contributed by atoms with Gasteiger partial charge in [0, 0.05) is 18.7 Å². The second kappa shape index (κ2) is 8.06. The van der Waals surface area contributed by atoms with Crippen molar-refractivity contribution < 1.29 is 14.6 Å². The number of aryl methyl sites for hydroxylation is 1. The van der Waals surface area contributed by atoms with Crippen molar-refractivity contribution in [2.75, 3.05) is 26.4 Å². The number of rotatable bonds is 8. The predicted octanol–water partition coefficient (Wildman–Crippen LogP) is 2.38. The summed E-state index contributed by atoms with van der Waals surface area (Å²) in [6.07, 6.45) is 1.88. The molecule has 0 bridgehead atoms. The third kappa shape index (κ3) is 5.36. The number of nitrogens with one attached hydrogen (secondary N) is 1. The minimum absolute atomic E-state index is 0.179. The number of benzene rings is 1. The summed E-state index contributed by atoms with van der Waals surface area (Å²) < 4.78 is 11.1. The molecule has 22 heavy (non-hydrogen) atoms. The van der Waals surface area contributed by atoms with E-state index < -0.39 is 6.10 Å². The van der Waals surface area contributed by atoms with Gasteiger partial charge < -0.3 is 19.9 Å². The van der Waals surface area contributed by atoms with E-state index in [9.17, 15) is 5.11 Å². The lowest BCUT2D eigenvalue weighted by molar-refractivity contribution is -0.0177. The highest BCUT2D eigenvalue weighted by molar-refractivity contribution is 5.27. The van der Waals surface area contributed by atoms with Crippen LogP contribution in [0.15, 0.2) is 24.3 Å². The minimum Gasteiger partial charge on any atom is -0.389 e. The highest BCUT2D eigenvalue weighted by Crippen LogP contribution is 2.20. The summed E-state index contributed by atoms with van der Waals surface area (Å²) in [4.78, 5) is 0. The zero-order valence-electron chi connectivity index (χ0n) is 14.0. The molecule has 0 aliphatic carbocycles. The number of aliphatic hydroxyl groups is 1. The molecule has 1 aliphatic rings. The van der Waals surface area contributed by atoms with Gasteiger partial charge in [-0.15, -0.1) is 0 Å². The number of aliphatic hydroxyl groups excluding tert-OH is 1. The summed E-state index contributed by atoms with van der Waals surface area (Å²) in [5.74, 6) is 0. The van der Waals surface area contributed by atoms with Crippen molar-refractivity contribution in [3.05, 3.63) is 35.4 Å². The Balaban J connectivity index is 1.71. The molecule has 2 atom stereocenters. The van der Waals surface area contributed by atoms with Gasteiger partial charge in [-0.3, -0.25) is 0 Å². The van der Waals surface area contributed by atoms with Crippen molar-refractivity contribution in [3.63, 3.8) is 0 Å². The molecule has 1 aromatic carbocycles. The van der Waals surface area contributed by atoms with Crippen LogP contribution in [0.2, 0.25) is 0 Å². The van der Waals surface area contributed by atoms with Crippen LogP contribution in [0.25, 0.3) is 0 Å². The fourth-order valence-electron chi connectivity index (χ4n) is 2.68. The molecule has 0 amide bonds. The Hall–Kier alpha value is -0.940. The Kier molecular flexibility index (Phi) is 6.38. The van der Waals surface area contributed by atoms with E-state index in [2.05, 4.69) is 50.4 Å². The van der Waals surface area contributed by atoms with Crippen molar-refractivity contribution in [2.24, 2.45) is 0 Å². The first-order valence-corrected chi connectivity index (χ1v) is 8.17. The van der Waals surface area contributed by atoms with E-state index in [-0.39, 0.29) is 11.6 Å². The molecule has 1 saturated heterocycles. The van der Waals surface area contributed by atoms with E-state index >= 15 is 0 Å². The van der Waals surface area contributed by atoms with Crippen LogP contribution in [0.4, 0.5) is 0 Å². The molecule has 0 spiro atoms. The fraction of sp³-hybridized carbons (Fsp3) is 0.667. The molecule has 4 heteroatoms. The normalized spacial score (nSPS) is 20.3. The molecule has 2 N–H and O–H groups in total. The summed E-state index contributed by atoms with van der Waals surface area (Å²) in [6, 6.07) is 8.44. The molecule has 124 valence electrons. The summed E-state index contributed by atoms with van der Waals surface area (Å²) in [5.41, 5.74) is 2.29. The van der Waals surface area contributed by atoms with Crippen LogP contribution in [0, 0.1) is 6.92 Å². The van der Waals surface area contributed by atoms with Gasteiger partial charge in [-0.2, -0.15) is 0 Å². The van der Waals surface area contributed by atoms with Crippen molar-refractivity contribution in [2.45, 2.75) is 51.4 Å². The topological polar surface area (TPSA) is 50.7 Å². The lowest BCUT2D eigenvalue weighted by Gasteiger charge is -2.29. The maximum atomic E-state index is 10.1. The van der Waals surface area contributed by atoms with Gasteiger partial charge in [-0.1, -0.05) is 29.8 Å². The van der Waals surface area contributed by atoms with Crippen molar-refractivity contribution in [1.82, 2.24) is 5.32 Å². The predicted molar refractivity (Wildman–Crippen MR) is 88.0 cm³/mol. The number of ether oxygens (including phenoxy) is 2. The van der Waals surface area contributed by atoms with Crippen LogP contribution >= 0.6 is 0 Å². The number of hydrogen-bond donors (Lipinski definition) is 2. The average Bonchev–Trinajstić information content (AvgIpc) is 2.99. The van der Waals surface area contributed by atoms with Gasteiger partial charge in [-0.25, -0.2) is 0 Å². The maximum Gasteiger partial charge on any atom is 0.0897 e. The van der Waals surface area contributed by atoms with Gasteiger partial charge in [0.05, 0.1) is 25.4 Å². The Morgan fingerprint density at radius 2 is 2.27 bits per heavy atom. The van der Waals surface area contributed by atoms with Gasteiger partial charge in [0.1, 0.15) is 0 Å². The third-order valence-corrected chi connectivity index (χ3v) is 4.16. The molecular formula is C18H29NO3. The molecule has 0 aromatic heterocycles. The molecular weight excluding hydrogens is 278 g/mol. The first-order chi connectivity index (χ1) is 10.5. The van der Waals surface area contributed by atoms with Gasteiger partial charge in [0.15, 0.2) is 0 Å². The standard InChI is InChI=1S/C18H29NO3/c1-14-6-4-7-15(10-14)18(2,3)19-11-16(20)12-21-13-17-8-5-9-22-17/h4,6-7,10,16-17,19-20H,5,8-9,11-13H2,1-3H3. The molecule has 2 rings (SSSR count). The lowest BCUT2D eigenvalue weighted by Crippen LogP contribution is -2.42. The molecule has 4 nitrogen and oxygen atoms in total. The first kappa shape index (κ1) is 17.4. The molecule has 1 aromatic rings. The van der Waals surface area contributed by atoms with Gasteiger partial charge in [-0.05, 0) is 39.2 Å². The Morgan fingerprint density at radius 1 is 1.45 bits per heavy atom. The summed E-state index contributed by atoms with van der Waals surface area (Å²) in [5, 5.41) is 13.5. The second-order valence-corrected chi connectivity index (χ2v) is 6.70. The van der Waals surface area contributed by atoms with Crippen LogP contribution in [0.1, 0.15) is 37.8 Å². The quantitative estimate of drug-likeness (QED) is 0.774. The largest absolute Gasteiger partial charge is 0.389 e. The van der Waals surface area contributed by atoms with Crippen molar-refractivity contribution in [3.8, 4) is 0 Å². The monoisotopic (exact) mass is 307 g/mol. The van der Waals surface area contributed by atoms with E-state index in [0.717, 1.165) is 19.4 Å². The molecule has 1 aliphatic heterocycles. The van der Waals surface area contributed by atoms with Crippen LogP contribution in [0.5, 0.6) is 0 Å². The highest BCUT2D eigenvalue weighted by Gasteiger charge is 2.21. The van der Waals surface area contributed by atoms with E-state index in [4.69, 9.17) is 9.47 Å². The highest BCUT2D eigenvalue weighted by atomic mass is 16.5. The van der Waals surface area contributed by atoms with Crippen molar-refractivity contribution >= 4 is 0 Å². The fourth-order valence-corrected chi connectivity index (χ4v) is 2.68. The third-order valence-electron chi connectivity index (χ3n) is 4.16. The lowest BCUT2D eigenvalue weighted by atomic mass is 9.93. The summed E-state index contributed by atoms with van der Waals surface area (Å²) in [7, 11) is 0.